The highest BCUT2D eigenvalue weighted by Gasteiger charge is 2.55. The van der Waals surface area contributed by atoms with Gasteiger partial charge in [0.25, 0.3) is 5.91 Å². The van der Waals surface area contributed by atoms with E-state index >= 15 is 0 Å². The third-order valence-corrected chi connectivity index (χ3v) is 9.09. The molecule has 4 aromatic rings. The highest BCUT2D eigenvalue weighted by atomic mass is 16.5. The van der Waals surface area contributed by atoms with Crippen LogP contribution in [0.15, 0.2) is 91.1 Å². The van der Waals surface area contributed by atoms with Gasteiger partial charge in [0.2, 0.25) is 0 Å². The SMILES string of the molecule is O=C(Nc1cc(C2CCN(Cc3ccccc3)C2)ccn1)Nc1cccc2c1C1O[C@@H]3Cc4ccccc4[C@@H]3N1C2=O. The molecule has 3 aliphatic heterocycles. The minimum absolute atomic E-state index is 0.0597. The van der Waals surface area contributed by atoms with E-state index in [-0.39, 0.29) is 18.1 Å². The zero-order valence-electron chi connectivity index (χ0n) is 23.1. The Kier molecular flexibility index (Phi) is 6.05. The summed E-state index contributed by atoms with van der Waals surface area (Å²) in [4.78, 5) is 35.5. The highest BCUT2D eigenvalue weighted by molar-refractivity contribution is 6.05. The van der Waals surface area contributed by atoms with Crippen molar-refractivity contribution in [2.75, 3.05) is 23.7 Å². The summed E-state index contributed by atoms with van der Waals surface area (Å²) in [6, 6.07) is 27.7. The maximum Gasteiger partial charge on any atom is 0.324 e. The molecule has 0 bridgehead atoms. The number of hydrogen-bond donors (Lipinski definition) is 2. The molecule has 2 saturated heterocycles. The fourth-order valence-corrected chi connectivity index (χ4v) is 7.20. The Morgan fingerprint density at radius 1 is 0.976 bits per heavy atom. The van der Waals surface area contributed by atoms with Gasteiger partial charge in [0.1, 0.15) is 5.82 Å². The molecule has 4 heterocycles. The van der Waals surface area contributed by atoms with E-state index < -0.39 is 12.3 Å². The van der Waals surface area contributed by atoms with Crippen molar-refractivity contribution in [1.29, 1.82) is 0 Å². The van der Waals surface area contributed by atoms with Crippen LogP contribution in [0.1, 0.15) is 62.8 Å². The first kappa shape index (κ1) is 25.2. The largest absolute Gasteiger partial charge is 0.348 e. The van der Waals surface area contributed by atoms with E-state index in [4.69, 9.17) is 4.74 Å². The molecule has 8 nitrogen and oxygen atoms in total. The molecule has 42 heavy (non-hydrogen) atoms. The van der Waals surface area contributed by atoms with Crippen molar-refractivity contribution in [1.82, 2.24) is 14.8 Å². The first-order valence-corrected chi connectivity index (χ1v) is 14.6. The lowest BCUT2D eigenvalue weighted by Crippen LogP contribution is -2.28. The number of carbonyl (C=O) groups is 2. The lowest BCUT2D eigenvalue weighted by atomic mass is 9.99. The predicted octanol–water partition coefficient (Wildman–Crippen LogP) is 5.87. The van der Waals surface area contributed by atoms with Gasteiger partial charge >= 0.3 is 6.03 Å². The molecule has 1 aromatic heterocycles. The monoisotopic (exact) mass is 557 g/mol. The molecule has 3 amide bonds. The standard InChI is InChI=1S/C34H31N5O3/c40-32-26-11-6-12-27(30(26)33-39(32)31-25-10-5-4-9-23(25)17-28(31)42-33)36-34(41)37-29-18-22(13-15-35-29)24-14-16-38(20-24)19-21-7-2-1-3-8-21/h1-13,15,18,24,28,31,33H,14,16-17,19-20H2,(H2,35,36,37,41)/t24?,28-,31+,33?/m1/s1. The number of anilines is 2. The average Bonchev–Trinajstić information content (AvgIpc) is 3.76. The van der Waals surface area contributed by atoms with Crippen molar-refractivity contribution in [2.24, 2.45) is 0 Å². The third-order valence-electron chi connectivity index (χ3n) is 9.09. The number of likely N-dealkylation sites (tertiary alicyclic amines) is 1. The number of nitrogens with zero attached hydrogens (tertiary/aromatic N) is 3. The molecule has 4 aliphatic rings. The van der Waals surface area contributed by atoms with Crippen molar-refractivity contribution < 1.29 is 14.3 Å². The zero-order valence-corrected chi connectivity index (χ0v) is 23.1. The molecule has 4 atom stereocenters. The van der Waals surface area contributed by atoms with Crippen LogP contribution in [0.2, 0.25) is 0 Å². The van der Waals surface area contributed by atoms with E-state index in [0.717, 1.165) is 43.6 Å². The predicted molar refractivity (Wildman–Crippen MR) is 159 cm³/mol. The summed E-state index contributed by atoms with van der Waals surface area (Å²) in [7, 11) is 0. The lowest BCUT2D eigenvalue weighted by molar-refractivity contribution is 0.0105. The van der Waals surface area contributed by atoms with Crippen molar-refractivity contribution in [3.8, 4) is 0 Å². The molecule has 8 heteroatoms. The van der Waals surface area contributed by atoms with E-state index in [0.29, 0.717) is 23.0 Å². The van der Waals surface area contributed by atoms with Gasteiger partial charge in [-0.05, 0) is 65.4 Å². The number of pyridine rings is 1. The fraction of sp³-hybridized carbons (Fsp3) is 0.265. The third kappa shape index (κ3) is 4.26. The summed E-state index contributed by atoms with van der Waals surface area (Å²) in [6.45, 7) is 2.95. The maximum atomic E-state index is 13.6. The minimum Gasteiger partial charge on any atom is -0.348 e. The van der Waals surface area contributed by atoms with Crippen molar-refractivity contribution in [2.45, 2.75) is 43.7 Å². The number of carbonyl (C=O) groups excluding carboxylic acids is 2. The smallest absolute Gasteiger partial charge is 0.324 e. The van der Waals surface area contributed by atoms with Crippen molar-refractivity contribution >= 4 is 23.4 Å². The Morgan fingerprint density at radius 2 is 1.83 bits per heavy atom. The normalized spacial score (nSPS) is 23.8. The van der Waals surface area contributed by atoms with Crippen molar-refractivity contribution in [3.63, 3.8) is 0 Å². The van der Waals surface area contributed by atoms with Crippen LogP contribution in [0.4, 0.5) is 16.3 Å². The van der Waals surface area contributed by atoms with Crippen molar-refractivity contribution in [3.05, 3.63) is 125 Å². The Hall–Kier alpha value is -4.53. The summed E-state index contributed by atoms with van der Waals surface area (Å²) in [5, 5.41) is 5.88. The van der Waals surface area contributed by atoms with Crippen LogP contribution < -0.4 is 10.6 Å². The number of aromatic nitrogens is 1. The van der Waals surface area contributed by atoms with E-state index in [9.17, 15) is 9.59 Å². The van der Waals surface area contributed by atoms with Gasteiger partial charge in [-0.3, -0.25) is 19.9 Å². The van der Waals surface area contributed by atoms with Crippen LogP contribution in [0, 0.1) is 0 Å². The molecular formula is C34H31N5O3. The summed E-state index contributed by atoms with van der Waals surface area (Å²) in [5.74, 6) is 0.828. The molecule has 2 N–H and O–H groups in total. The summed E-state index contributed by atoms with van der Waals surface area (Å²) in [6.07, 6.45) is 2.99. The van der Waals surface area contributed by atoms with E-state index in [1.54, 1.807) is 12.3 Å². The first-order chi connectivity index (χ1) is 20.6. The van der Waals surface area contributed by atoms with Crippen LogP contribution in [0.5, 0.6) is 0 Å². The zero-order chi connectivity index (χ0) is 28.2. The van der Waals surface area contributed by atoms with E-state index in [1.165, 1.54) is 16.7 Å². The molecule has 210 valence electrons. The molecular weight excluding hydrogens is 526 g/mol. The number of fused-ring (bicyclic) bond motifs is 7. The number of rotatable bonds is 5. The number of urea groups is 1. The molecule has 3 aromatic carbocycles. The molecule has 0 radical (unpaired) electrons. The Morgan fingerprint density at radius 3 is 2.74 bits per heavy atom. The number of nitrogens with one attached hydrogen (secondary N) is 2. The topological polar surface area (TPSA) is 86.8 Å². The highest BCUT2D eigenvalue weighted by Crippen LogP contribution is 2.54. The average molecular weight is 558 g/mol. The number of hydrogen-bond acceptors (Lipinski definition) is 5. The second kappa shape index (κ2) is 10.1. The quantitative estimate of drug-likeness (QED) is 0.321. The molecule has 1 aliphatic carbocycles. The second-order valence-corrected chi connectivity index (χ2v) is 11.6. The van der Waals surface area contributed by atoms with Gasteiger partial charge in [-0.2, -0.15) is 0 Å². The van der Waals surface area contributed by atoms with Gasteiger partial charge in [0.15, 0.2) is 6.23 Å². The van der Waals surface area contributed by atoms with Gasteiger partial charge in [0, 0.05) is 36.8 Å². The Balaban J connectivity index is 0.963. The maximum absolute atomic E-state index is 13.6. The summed E-state index contributed by atoms with van der Waals surface area (Å²) < 4.78 is 6.47. The Bertz CT molecular complexity index is 1690. The first-order valence-electron chi connectivity index (χ1n) is 14.6. The van der Waals surface area contributed by atoms with Gasteiger partial charge in [-0.1, -0.05) is 60.7 Å². The van der Waals surface area contributed by atoms with Crippen LogP contribution in [-0.4, -0.2) is 45.9 Å². The summed E-state index contributed by atoms with van der Waals surface area (Å²) in [5.41, 5.74) is 6.72. The van der Waals surface area contributed by atoms with Crippen LogP contribution in [-0.2, 0) is 17.7 Å². The van der Waals surface area contributed by atoms with E-state index in [1.807, 2.05) is 47.4 Å². The van der Waals surface area contributed by atoms with Crippen LogP contribution >= 0.6 is 0 Å². The second-order valence-electron chi connectivity index (χ2n) is 11.6. The van der Waals surface area contributed by atoms with Crippen LogP contribution in [0.25, 0.3) is 0 Å². The molecule has 2 unspecified atom stereocenters. The fourth-order valence-electron chi connectivity index (χ4n) is 7.20. The van der Waals surface area contributed by atoms with Gasteiger partial charge in [0.05, 0.1) is 17.8 Å². The number of amides is 3. The number of benzene rings is 3. The van der Waals surface area contributed by atoms with Gasteiger partial charge in [-0.25, -0.2) is 9.78 Å². The minimum atomic E-state index is -0.519. The molecule has 0 spiro atoms. The van der Waals surface area contributed by atoms with Crippen LogP contribution in [0.3, 0.4) is 0 Å². The van der Waals surface area contributed by atoms with E-state index in [2.05, 4.69) is 56.9 Å². The Labute approximate surface area is 244 Å². The van der Waals surface area contributed by atoms with Gasteiger partial charge < -0.3 is 10.1 Å². The molecule has 0 saturated carbocycles. The molecule has 2 fully saturated rings. The van der Waals surface area contributed by atoms with Gasteiger partial charge in [-0.15, -0.1) is 0 Å². The lowest BCUT2D eigenvalue weighted by Gasteiger charge is -2.22. The molecule has 8 rings (SSSR count). The summed E-state index contributed by atoms with van der Waals surface area (Å²) >= 11 is 0. The number of ether oxygens (including phenoxy) is 1.